The third-order valence-electron chi connectivity index (χ3n) is 5.09. The molecule has 0 N–H and O–H groups in total. The smallest absolute Gasteiger partial charge is 0.145 e. The maximum atomic E-state index is 6.90. The van der Waals surface area contributed by atoms with Crippen LogP contribution in [-0.4, -0.2) is 0 Å². The second kappa shape index (κ2) is 8.61. The summed E-state index contributed by atoms with van der Waals surface area (Å²) >= 11 is 0. The molecule has 1 nitrogen and oxygen atoms in total. The number of benzene rings is 4. The average molecular weight is 374 g/mol. The third-order valence-corrected chi connectivity index (χ3v) is 5.09. The molecule has 1 atom stereocenters. The molecule has 29 heavy (non-hydrogen) atoms. The fraction of sp³-hybridized carbons (Fsp3) is 0.0714. The normalized spacial score (nSPS) is 12.1. The molecule has 4 aromatic carbocycles. The van der Waals surface area contributed by atoms with Gasteiger partial charge >= 0.3 is 0 Å². The van der Waals surface area contributed by atoms with Crippen molar-refractivity contribution in [1.29, 1.82) is 0 Å². The number of ether oxygens (including phenoxy) is 1. The molecule has 0 heterocycles. The molecule has 0 aromatic heterocycles. The lowest BCUT2D eigenvalue weighted by atomic mass is 9.79. The Balaban J connectivity index is 1.97. The van der Waals surface area contributed by atoms with Crippen LogP contribution in [0.1, 0.15) is 28.4 Å². The monoisotopic (exact) mass is 374 g/mol. The standard InChI is InChI=1S/C28H22O/c1-2-27(23-15-7-3-8-16-23)29-28(24-17-9-4-10-18-24,25-19-11-5-12-20-25)26-21-13-6-14-22-26/h1,3-22,27H. The molecule has 0 saturated heterocycles. The minimum atomic E-state index is -0.837. The van der Waals surface area contributed by atoms with Gasteiger partial charge in [-0.15, -0.1) is 6.42 Å². The molecule has 0 aliphatic rings. The third kappa shape index (κ3) is 3.72. The Morgan fingerprint density at radius 2 is 0.897 bits per heavy atom. The van der Waals surface area contributed by atoms with E-state index in [-0.39, 0.29) is 0 Å². The van der Waals surface area contributed by atoms with Crippen LogP contribution in [0.5, 0.6) is 0 Å². The molecule has 0 radical (unpaired) electrons. The van der Waals surface area contributed by atoms with Gasteiger partial charge in [0, 0.05) is 0 Å². The zero-order valence-corrected chi connectivity index (χ0v) is 16.1. The molecule has 0 bridgehead atoms. The number of hydrogen-bond donors (Lipinski definition) is 0. The van der Waals surface area contributed by atoms with Crippen molar-refractivity contribution in [3.63, 3.8) is 0 Å². The number of terminal acetylenes is 1. The Labute approximate surface area is 172 Å². The van der Waals surface area contributed by atoms with Crippen molar-refractivity contribution in [2.24, 2.45) is 0 Å². The largest absolute Gasteiger partial charge is 0.340 e. The van der Waals surface area contributed by atoms with Crippen LogP contribution in [0.4, 0.5) is 0 Å². The van der Waals surface area contributed by atoms with E-state index < -0.39 is 11.7 Å². The second-order valence-corrected chi connectivity index (χ2v) is 6.85. The molecule has 1 unspecified atom stereocenters. The predicted octanol–water partition coefficient (Wildman–Crippen LogP) is 6.37. The van der Waals surface area contributed by atoms with Crippen molar-refractivity contribution in [3.8, 4) is 12.3 Å². The van der Waals surface area contributed by atoms with E-state index in [9.17, 15) is 0 Å². The van der Waals surface area contributed by atoms with Crippen LogP contribution in [0.3, 0.4) is 0 Å². The van der Waals surface area contributed by atoms with Crippen molar-refractivity contribution < 1.29 is 4.74 Å². The molecule has 0 saturated carbocycles. The van der Waals surface area contributed by atoms with Crippen LogP contribution in [-0.2, 0) is 10.3 Å². The van der Waals surface area contributed by atoms with E-state index in [0.717, 1.165) is 22.3 Å². The van der Waals surface area contributed by atoms with Gasteiger partial charge in [-0.2, -0.15) is 0 Å². The molecule has 4 rings (SSSR count). The highest BCUT2D eigenvalue weighted by Gasteiger charge is 2.39. The summed E-state index contributed by atoms with van der Waals surface area (Å²) in [6.45, 7) is 0. The first kappa shape index (κ1) is 18.7. The van der Waals surface area contributed by atoms with E-state index in [0.29, 0.717) is 0 Å². The lowest BCUT2D eigenvalue weighted by Gasteiger charge is -2.38. The van der Waals surface area contributed by atoms with Crippen LogP contribution in [0.15, 0.2) is 121 Å². The molecule has 0 aliphatic carbocycles. The summed E-state index contributed by atoms with van der Waals surface area (Å²) in [7, 11) is 0. The van der Waals surface area contributed by atoms with Gasteiger partial charge in [-0.1, -0.05) is 127 Å². The molecular formula is C28H22O. The van der Waals surface area contributed by atoms with Crippen LogP contribution in [0.2, 0.25) is 0 Å². The summed E-state index contributed by atoms with van der Waals surface area (Å²) < 4.78 is 6.90. The summed E-state index contributed by atoms with van der Waals surface area (Å²) in [5.41, 5.74) is 3.23. The van der Waals surface area contributed by atoms with Crippen molar-refractivity contribution >= 4 is 0 Å². The van der Waals surface area contributed by atoms with E-state index in [1.54, 1.807) is 0 Å². The summed E-state index contributed by atoms with van der Waals surface area (Å²) in [5, 5.41) is 0. The van der Waals surface area contributed by atoms with Gasteiger partial charge in [0.15, 0.2) is 0 Å². The fourth-order valence-electron chi connectivity index (χ4n) is 3.73. The maximum absolute atomic E-state index is 6.90. The molecule has 0 spiro atoms. The zero-order chi connectivity index (χ0) is 19.9. The molecule has 4 aromatic rings. The van der Waals surface area contributed by atoms with Gasteiger partial charge in [0.2, 0.25) is 0 Å². The van der Waals surface area contributed by atoms with E-state index in [1.165, 1.54) is 0 Å². The first-order valence-electron chi connectivity index (χ1n) is 9.70. The minimum Gasteiger partial charge on any atom is -0.340 e. The molecule has 140 valence electrons. The van der Waals surface area contributed by atoms with Crippen molar-refractivity contribution in [2.75, 3.05) is 0 Å². The van der Waals surface area contributed by atoms with E-state index in [4.69, 9.17) is 11.2 Å². The Kier molecular flexibility index (Phi) is 5.56. The van der Waals surface area contributed by atoms with Gasteiger partial charge in [-0.05, 0) is 22.3 Å². The number of rotatable bonds is 6. The Morgan fingerprint density at radius 3 is 1.24 bits per heavy atom. The minimum absolute atomic E-state index is 0.503. The predicted molar refractivity (Wildman–Crippen MR) is 118 cm³/mol. The molecule has 1 heteroatoms. The highest BCUT2D eigenvalue weighted by molar-refractivity contribution is 5.48. The lowest BCUT2D eigenvalue weighted by Crippen LogP contribution is -2.34. The summed E-state index contributed by atoms with van der Waals surface area (Å²) in [5.74, 6) is 2.86. The Morgan fingerprint density at radius 1 is 0.552 bits per heavy atom. The van der Waals surface area contributed by atoms with Crippen LogP contribution < -0.4 is 0 Å². The van der Waals surface area contributed by atoms with Crippen LogP contribution in [0, 0.1) is 12.3 Å². The number of hydrogen-bond acceptors (Lipinski definition) is 1. The van der Waals surface area contributed by atoms with Crippen molar-refractivity contribution in [2.45, 2.75) is 11.7 Å². The quantitative estimate of drug-likeness (QED) is 0.281. The molecule has 0 amide bonds. The fourth-order valence-corrected chi connectivity index (χ4v) is 3.73. The van der Waals surface area contributed by atoms with Crippen molar-refractivity contribution in [3.05, 3.63) is 144 Å². The van der Waals surface area contributed by atoms with Gasteiger partial charge in [0.1, 0.15) is 11.7 Å². The summed E-state index contributed by atoms with van der Waals surface area (Å²) in [6, 6.07) is 40.8. The van der Waals surface area contributed by atoms with Gasteiger partial charge in [-0.25, -0.2) is 0 Å². The van der Waals surface area contributed by atoms with E-state index in [2.05, 4.69) is 42.3 Å². The van der Waals surface area contributed by atoms with Gasteiger partial charge in [-0.3, -0.25) is 0 Å². The van der Waals surface area contributed by atoms with Crippen LogP contribution in [0.25, 0.3) is 0 Å². The highest BCUT2D eigenvalue weighted by atomic mass is 16.5. The van der Waals surface area contributed by atoms with Gasteiger partial charge < -0.3 is 4.74 Å². The van der Waals surface area contributed by atoms with Gasteiger partial charge in [0.05, 0.1) is 0 Å². The van der Waals surface area contributed by atoms with E-state index in [1.807, 2.05) is 84.9 Å². The Hall–Kier alpha value is -3.60. The summed E-state index contributed by atoms with van der Waals surface area (Å²) in [6.07, 6.45) is 5.47. The maximum Gasteiger partial charge on any atom is 0.145 e. The first-order valence-corrected chi connectivity index (χ1v) is 9.70. The SMILES string of the molecule is C#CC(OC(c1ccccc1)(c1ccccc1)c1ccccc1)c1ccccc1. The molecule has 0 fully saturated rings. The Bertz CT molecular complexity index is 968. The first-order chi connectivity index (χ1) is 14.3. The lowest BCUT2D eigenvalue weighted by molar-refractivity contribution is -0.0212. The second-order valence-electron chi connectivity index (χ2n) is 6.85. The topological polar surface area (TPSA) is 9.23 Å². The molecular weight excluding hydrogens is 352 g/mol. The van der Waals surface area contributed by atoms with Crippen LogP contribution >= 0.6 is 0 Å². The molecule has 0 aliphatic heterocycles. The van der Waals surface area contributed by atoms with Crippen molar-refractivity contribution in [1.82, 2.24) is 0 Å². The van der Waals surface area contributed by atoms with Gasteiger partial charge in [0.25, 0.3) is 0 Å². The summed E-state index contributed by atoms with van der Waals surface area (Å²) in [4.78, 5) is 0. The van der Waals surface area contributed by atoms with E-state index >= 15 is 0 Å². The highest BCUT2D eigenvalue weighted by Crippen LogP contribution is 2.43. The average Bonchev–Trinajstić information content (AvgIpc) is 2.82. The zero-order valence-electron chi connectivity index (χ0n) is 16.1.